The summed E-state index contributed by atoms with van der Waals surface area (Å²) in [6.45, 7) is 3.31. The zero-order valence-corrected chi connectivity index (χ0v) is 14.4. The van der Waals surface area contributed by atoms with Gasteiger partial charge in [0.2, 0.25) is 0 Å². The normalized spacial score (nSPS) is 16.8. The molecule has 4 atom stereocenters. The van der Waals surface area contributed by atoms with Crippen LogP contribution in [0.3, 0.4) is 0 Å². The minimum atomic E-state index is -0.830. The molecule has 0 aromatic carbocycles. The van der Waals surface area contributed by atoms with Crippen molar-refractivity contribution < 1.29 is 34.4 Å². The van der Waals surface area contributed by atoms with Gasteiger partial charge >= 0.3 is 11.9 Å². The highest BCUT2D eigenvalue weighted by Crippen LogP contribution is 2.08. The molecule has 138 valence electrons. The lowest BCUT2D eigenvalue weighted by molar-refractivity contribution is -0.142. The Hall–Kier alpha value is -1.70. The summed E-state index contributed by atoms with van der Waals surface area (Å²) in [5, 5.41) is 28.4. The summed E-state index contributed by atoms with van der Waals surface area (Å²) in [5.41, 5.74) is 0. The standard InChI is InChI=1S/C17H28O7/c1-12(18)4-6-14(19)9-11-17(22)24-13(2)5-7-15(20)8-10-16(21)23-3/h8-15,18-20H,4-7H2,1-3H3. The Morgan fingerprint density at radius 3 is 1.88 bits per heavy atom. The van der Waals surface area contributed by atoms with Crippen molar-refractivity contribution in [2.24, 2.45) is 0 Å². The fourth-order valence-electron chi connectivity index (χ4n) is 1.75. The summed E-state index contributed by atoms with van der Waals surface area (Å²) in [6.07, 6.45) is 3.90. The number of rotatable bonds is 11. The fourth-order valence-corrected chi connectivity index (χ4v) is 1.75. The molecule has 4 unspecified atom stereocenters. The summed E-state index contributed by atoms with van der Waals surface area (Å²) < 4.78 is 9.52. The lowest BCUT2D eigenvalue weighted by atomic mass is 10.1. The second-order valence-corrected chi connectivity index (χ2v) is 5.63. The Balaban J connectivity index is 4.05. The van der Waals surface area contributed by atoms with Crippen LogP contribution in [0.4, 0.5) is 0 Å². The van der Waals surface area contributed by atoms with E-state index in [9.17, 15) is 19.8 Å². The SMILES string of the molecule is COC(=O)C=CC(O)CCC(C)OC(=O)C=CC(O)CCC(C)O. The van der Waals surface area contributed by atoms with E-state index in [0.29, 0.717) is 25.7 Å². The largest absolute Gasteiger partial charge is 0.466 e. The summed E-state index contributed by atoms with van der Waals surface area (Å²) in [4.78, 5) is 22.5. The third-order valence-electron chi connectivity index (χ3n) is 3.18. The van der Waals surface area contributed by atoms with E-state index in [2.05, 4.69) is 4.74 Å². The van der Waals surface area contributed by atoms with E-state index >= 15 is 0 Å². The molecule has 0 spiro atoms. The van der Waals surface area contributed by atoms with Gasteiger partial charge in [-0.15, -0.1) is 0 Å². The smallest absolute Gasteiger partial charge is 0.330 e. The van der Waals surface area contributed by atoms with Gasteiger partial charge in [-0.2, -0.15) is 0 Å². The van der Waals surface area contributed by atoms with Crippen molar-refractivity contribution in [3.05, 3.63) is 24.3 Å². The number of carbonyl (C=O) groups is 2. The zero-order valence-electron chi connectivity index (χ0n) is 14.4. The molecule has 24 heavy (non-hydrogen) atoms. The van der Waals surface area contributed by atoms with Gasteiger partial charge in [-0.25, -0.2) is 9.59 Å². The second kappa shape index (κ2) is 12.7. The van der Waals surface area contributed by atoms with Crippen molar-refractivity contribution in [2.45, 2.75) is 63.9 Å². The lowest BCUT2D eigenvalue weighted by Gasteiger charge is -2.13. The van der Waals surface area contributed by atoms with Gasteiger partial charge in [-0.05, 0) is 51.7 Å². The number of hydrogen-bond donors (Lipinski definition) is 3. The number of aliphatic hydroxyl groups is 3. The van der Waals surface area contributed by atoms with E-state index in [1.165, 1.54) is 19.3 Å². The van der Waals surface area contributed by atoms with Crippen molar-refractivity contribution in [1.82, 2.24) is 0 Å². The first kappa shape index (κ1) is 22.3. The Morgan fingerprint density at radius 1 is 0.875 bits per heavy atom. The Kier molecular flexibility index (Phi) is 11.8. The summed E-state index contributed by atoms with van der Waals surface area (Å²) in [5.74, 6) is -1.13. The quantitative estimate of drug-likeness (QED) is 0.376. The molecule has 7 heteroatoms. The van der Waals surface area contributed by atoms with Gasteiger partial charge in [0.05, 0.1) is 31.5 Å². The molecular formula is C17H28O7. The van der Waals surface area contributed by atoms with Crippen LogP contribution in [-0.2, 0) is 19.1 Å². The van der Waals surface area contributed by atoms with Gasteiger partial charge in [0.15, 0.2) is 0 Å². The number of aliphatic hydroxyl groups excluding tert-OH is 3. The number of methoxy groups -OCH3 is 1. The molecule has 0 fully saturated rings. The maximum absolute atomic E-state index is 11.6. The highest BCUT2D eigenvalue weighted by atomic mass is 16.5. The monoisotopic (exact) mass is 344 g/mol. The molecule has 0 aliphatic heterocycles. The minimum absolute atomic E-state index is 0.322. The average molecular weight is 344 g/mol. The molecular weight excluding hydrogens is 316 g/mol. The second-order valence-electron chi connectivity index (χ2n) is 5.63. The fraction of sp³-hybridized carbons (Fsp3) is 0.647. The van der Waals surface area contributed by atoms with Crippen LogP contribution in [-0.4, -0.2) is 58.8 Å². The molecule has 0 aliphatic carbocycles. The zero-order chi connectivity index (χ0) is 18.5. The molecule has 0 aromatic heterocycles. The van der Waals surface area contributed by atoms with Crippen LogP contribution < -0.4 is 0 Å². The predicted octanol–water partition coefficient (Wildman–Crippen LogP) is 0.866. The van der Waals surface area contributed by atoms with Gasteiger partial charge in [0.25, 0.3) is 0 Å². The van der Waals surface area contributed by atoms with E-state index in [4.69, 9.17) is 9.84 Å². The van der Waals surface area contributed by atoms with Crippen molar-refractivity contribution >= 4 is 11.9 Å². The van der Waals surface area contributed by atoms with E-state index in [1.54, 1.807) is 13.8 Å². The number of carbonyl (C=O) groups excluding carboxylic acids is 2. The first-order chi connectivity index (χ1) is 11.2. The summed E-state index contributed by atoms with van der Waals surface area (Å²) >= 11 is 0. The maximum atomic E-state index is 11.6. The first-order valence-electron chi connectivity index (χ1n) is 7.93. The molecule has 0 bridgehead atoms. The lowest BCUT2D eigenvalue weighted by Crippen LogP contribution is -2.16. The number of hydrogen-bond acceptors (Lipinski definition) is 7. The third kappa shape index (κ3) is 12.8. The topological polar surface area (TPSA) is 113 Å². The molecule has 0 heterocycles. The third-order valence-corrected chi connectivity index (χ3v) is 3.18. The van der Waals surface area contributed by atoms with Crippen LogP contribution in [0.15, 0.2) is 24.3 Å². The molecule has 0 aliphatic rings. The van der Waals surface area contributed by atoms with Crippen LogP contribution in [0.5, 0.6) is 0 Å². The van der Waals surface area contributed by atoms with Crippen molar-refractivity contribution in [2.75, 3.05) is 7.11 Å². The van der Waals surface area contributed by atoms with E-state index < -0.39 is 36.4 Å². The van der Waals surface area contributed by atoms with Crippen LogP contribution in [0, 0.1) is 0 Å². The molecule has 7 nitrogen and oxygen atoms in total. The first-order valence-corrected chi connectivity index (χ1v) is 7.93. The predicted molar refractivity (Wildman–Crippen MR) is 88.0 cm³/mol. The molecule has 0 aromatic rings. The van der Waals surface area contributed by atoms with Gasteiger partial charge < -0.3 is 24.8 Å². The van der Waals surface area contributed by atoms with E-state index in [-0.39, 0.29) is 0 Å². The van der Waals surface area contributed by atoms with Crippen LogP contribution in [0.1, 0.15) is 39.5 Å². The van der Waals surface area contributed by atoms with Gasteiger partial charge in [0.1, 0.15) is 0 Å². The Bertz CT molecular complexity index is 429. The van der Waals surface area contributed by atoms with Crippen LogP contribution in [0.25, 0.3) is 0 Å². The molecule has 0 amide bonds. The van der Waals surface area contributed by atoms with Crippen LogP contribution in [0.2, 0.25) is 0 Å². The van der Waals surface area contributed by atoms with Crippen molar-refractivity contribution in [1.29, 1.82) is 0 Å². The molecule has 0 radical (unpaired) electrons. The number of esters is 2. The summed E-state index contributed by atoms with van der Waals surface area (Å²) in [7, 11) is 1.25. The highest BCUT2D eigenvalue weighted by Gasteiger charge is 2.10. The van der Waals surface area contributed by atoms with Crippen molar-refractivity contribution in [3.8, 4) is 0 Å². The van der Waals surface area contributed by atoms with Gasteiger partial charge in [-0.1, -0.05) is 0 Å². The maximum Gasteiger partial charge on any atom is 0.330 e. The van der Waals surface area contributed by atoms with Crippen LogP contribution >= 0.6 is 0 Å². The number of ether oxygens (including phenoxy) is 2. The van der Waals surface area contributed by atoms with E-state index in [1.807, 2.05) is 0 Å². The van der Waals surface area contributed by atoms with E-state index in [0.717, 1.165) is 12.2 Å². The van der Waals surface area contributed by atoms with Gasteiger partial charge in [0, 0.05) is 12.2 Å². The molecule has 0 saturated carbocycles. The van der Waals surface area contributed by atoms with Gasteiger partial charge in [-0.3, -0.25) is 0 Å². The molecule has 0 saturated heterocycles. The highest BCUT2D eigenvalue weighted by molar-refractivity contribution is 5.82. The summed E-state index contributed by atoms with van der Waals surface area (Å²) in [6, 6.07) is 0. The van der Waals surface area contributed by atoms with Crippen molar-refractivity contribution in [3.63, 3.8) is 0 Å². The Labute approximate surface area is 142 Å². The average Bonchev–Trinajstić information content (AvgIpc) is 2.53. The molecule has 3 N–H and O–H groups in total. The minimum Gasteiger partial charge on any atom is -0.466 e. The Morgan fingerprint density at radius 2 is 1.38 bits per heavy atom. The molecule has 0 rings (SSSR count).